The molecule has 0 aliphatic rings. The summed E-state index contributed by atoms with van der Waals surface area (Å²) >= 11 is 11.7. The Balaban J connectivity index is 1.63. The zero-order chi connectivity index (χ0) is 16.2. The van der Waals surface area contributed by atoms with Crippen LogP contribution >= 0.6 is 23.2 Å². The summed E-state index contributed by atoms with van der Waals surface area (Å²) in [6.45, 7) is 0.373. The van der Waals surface area contributed by atoms with Gasteiger partial charge in [-0.25, -0.2) is 0 Å². The second-order valence-corrected chi connectivity index (χ2v) is 5.69. The van der Waals surface area contributed by atoms with Gasteiger partial charge in [-0.15, -0.1) is 0 Å². The topological polar surface area (TPSA) is 55.1 Å². The van der Waals surface area contributed by atoms with E-state index in [9.17, 15) is 4.79 Å². The summed E-state index contributed by atoms with van der Waals surface area (Å²) in [6.07, 6.45) is 4.95. The summed E-state index contributed by atoms with van der Waals surface area (Å²) in [5.74, 6) is -0.220. The number of amides is 1. The van der Waals surface area contributed by atoms with Crippen molar-refractivity contribution in [2.45, 2.75) is 6.54 Å². The summed E-state index contributed by atoms with van der Waals surface area (Å²) in [6, 6.07) is 10.4. The first-order chi connectivity index (χ1) is 11.1. The fourth-order valence-corrected chi connectivity index (χ4v) is 2.33. The van der Waals surface area contributed by atoms with Crippen molar-refractivity contribution >= 4 is 29.1 Å². The molecule has 0 unspecified atom stereocenters. The predicted molar refractivity (Wildman–Crippen MR) is 89.6 cm³/mol. The number of carbonyl (C=O) groups excluding carboxylic acids is 1. The quantitative estimate of drug-likeness (QED) is 0.752. The van der Waals surface area contributed by atoms with Gasteiger partial charge in [0.15, 0.2) is 0 Å². The van der Waals surface area contributed by atoms with Crippen LogP contribution in [0, 0.1) is 0 Å². The van der Waals surface area contributed by atoms with E-state index in [2.05, 4.69) is 10.3 Å². The Morgan fingerprint density at radius 3 is 2.65 bits per heavy atom. The molecule has 4 nitrogen and oxygen atoms in total. The molecule has 116 valence electrons. The Labute approximate surface area is 143 Å². The zero-order valence-electron chi connectivity index (χ0n) is 11.9. The summed E-state index contributed by atoms with van der Waals surface area (Å²) in [7, 11) is 0. The lowest BCUT2D eigenvalue weighted by molar-refractivity contribution is 0.0951. The number of aromatic nitrogens is 1. The molecule has 0 aliphatic heterocycles. The largest absolute Gasteiger partial charge is 0.472 e. The monoisotopic (exact) mass is 346 g/mol. The smallest absolute Gasteiger partial charge is 0.251 e. The van der Waals surface area contributed by atoms with Crippen molar-refractivity contribution in [3.63, 3.8) is 0 Å². The molecule has 6 heteroatoms. The SMILES string of the molecule is O=C(NCc1ccc(-c2ccoc2)nc1)c1ccc(Cl)c(Cl)c1. The van der Waals surface area contributed by atoms with Crippen LogP contribution in [-0.2, 0) is 6.54 Å². The van der Waals surface area contributed by atoms with Crippen molar-refractivity contribution in [3.05, 3.63) is 76.3 Å². The van der Waals surface area contributed by atoms with E-state index in [4.69, 9.17) is 27.6 Å². The van der Waals surface area contributed by atoms with E-state index in [1.807, 2.05) is 18.2 Å². The van der Waals surface area contributed by atoms with Crippen molar-refractivity contribution in [1.29, 1.82) is 0 Å². The first-order valence-corrected chi connectivity index (χ1v) is 7.60. The Kier molecular flexibility index (Phi) is 4.65. The number of hydrogen-bond donors (Lipinski definition) is 1. The molecular formula is C17H12Cl2N2O2. The standard InChI is InChI=1S/C17H12Cl2N2O2/c18-14-3-2-12(7-15(14)19)17(22)21-9-11-1-4-16(20-8-11)13-5-6-23-10-13/h1-8,10H,9H2,(H,21,22). The number of halogens is 2. The van der Waals surface area contributed by atoms with E-state index < -0.39 is 0 Å². The van der Waals surface area contributed by atoms with Crippen LogP contribution in [0.15, 0.2) is 59.5 Å². The van der Waals surface area contributed by atoms with Crippen molar-refractivity contribution in [3.8, 4) is 11.3 Å². The molecule has 3 rings (SSSR count). The highest BCUT2D eigenvalue weighted by Gasteiger charge is 2.08. The highest BCUT2D eigenvalue weighted by Crippen LogP contribution is 2.22. The molecule has 1 aromatic carbocycles. The molecule has 2 aromatic heterocycles. The lowest BCUT2D eigenvalue weighted by Crippen LogP contribution is -2.22. The Morgan fingerprint density at radius 1 is 1.13 bits per heavy atom. The molecule has 3 aromatic rings. The molecule has 0 radical (unpaired) electrons. The fraction of sp³-hybridized carbons (Fsp3) is 0.0588. The predicted octanol–water partition coefficient (Wildman–Crippen LogP) is 4.58. The number of nitrogens with one attached hydrogen (secondary N) is 1. The number of carbonyl (C=O) groups is 1. The van der Waals surface area contributed by atoms with Crippen LogP contribution in [0.5, 0.6) is 0 Å². The minimum absolute atomic E-state index is 0.220. The van der Waals surface area contributed by atoms with Gasteiger partial charge in [-0.2, -0.15) is 0 Å². The van der Waals surface area contributed by atoms with Gasteiger partial charge in [-0.3, -0.25) is 9.78 Å². The highest BCUT2D eigenvalue weighted by molar-refractivity contribution is 6.42. The van der Waals surface area contributed by atoms with E-state index in [1.165, 1.54) is 0 Å². The second kappa shape index (κ2) is 6.86. The van der Waals surface area contributed by atoms with Crippen LogP contribution in [0.1, 0.15) is 15.9 Å². The number of nitrogens with zero attached hydrogens (tertiary/aromatic N) is 1. The summed E-state index contributed by atoms with van der Waals surface area (Å²) < 4.78 is 5.03. The van der Waals surface area contributed by atoms with Crippen LogP contribution in [0.2, 0.25) is 10.0 Å². The Morgan fingerprint density at radius 2 is 2.00 bits per heavy atom. The molecule has 0 saturated carbocycles. The van der Waals surface area contributed by atoms with E-state index in [-0.39, 0.29) is 5.91 Å². The maximum absolute atomic E-state index is 12.1. The van der Waals surface area contributed by atoms with Crippen LogP contribution < -0.4 is 5.32 Å². The summed E-state index contributed by atoms with van der Waals surface area (Å²) in [5.41, 5.74) is 3.09. The van der Waals surface area contributed by atoms with Crippen molar-refractivity contribution < 1.29 is 9.21 Å². The zero-order valence-corrected chi connectivity index (χ0v) is 13.4. The van der Waals surface area contributed by atoms with Gasteiger partial charge in [0, 0.05) is 23.9 Å². The Bertz CT molecular complexity index is 815. The fourth-order valence-electron chi connectivity index (χ4n) is 2.03. The van der Waals surface area contributed by atoms with Gasteiger partial charge >= 0.3 is 0 Å². The molecule has 1 amide bonds. The van der Waals surface area contributed by atoms with Crippen LogP contribution in [0.3, 0.4) is 0 Å². The molecule has 0 saturated heterocycles. The van der Waals surface area contributed by atoms with Crippen LogP contribution in [0.25, 0.3) is 11.3 Å². The van der Waals surface area contributed by atoms with E-state index >= 15 is 0 Å². The van der Waals surface area contributed by atoms with Gasteiger partial charge in [0.1, 0.15) is 0 Å². The highest BCUT2D eigenvalue weighted by atomic mass is 35.5. The molecule has 23 heavy (non-hydrogen) atoms. The van der Waals surface area contributed by atoms with Crippen molar-refractivity contribution in [2.24, 2.45) is 0 Å². The van der Waals surface area contributed by atoms with Crippen molar-refractivity contribution in [2.75, 3.05) is 0 Å². The average Bonchev–Trinajstić information content (AvgIpc) is 3.10. The van der Waals surface area contributed by atoms with Gasteiger partial charge in [-0.05, 0) is 35.9 Å². The second-order valence-electron chi connectivity index (χ2n) is 4.88. The number of pyridine rings is 1. The summed E-state index contributed by atoms with van der Waals surface area (Å²) in [4.78, 5) is 16.4. The van der Waals surface area contributed by atoms with Crippen molar-refractivity contribution in [1.82, 2.24) is 10.3 Å². The molecule has 2 heterocycles. The third kappa shape index (κ3) is 3.73. The summed E-state index contributed by atoms with van der Waals surface area (Å²) in [5, 5.41) is 3.59. The van der Waals surface area contributed by atoms with E-state index in [0.717, 1.165) is 16.8 Å². The third-order valence-corrected chi connectivity index (χ3v) is 4.02. The van der Waals surface area contributed by atoms with Gasteiger partial charge in [0.25, 0.3) is 5.91 Å². The molecule has 0 bridgehead atoms. The number of benzene rings is 1. The molecule has 0 fully saturated rings. The lowest BCUT2D eigenvalue weighted by atomic mass is 10.2. The Hall–Kier alpha value is -2.30. The van der Waals surface area contributed by atoms with Gasteiger partial charge in [0.05, 0.1) is 28.3 Å². The third-order valence-electron chi connectivity index (χ3n) is 3.28. The molecule has 0 spiro atoms. The minimum atomic E-state index is -0.220. The van der Waals surface area contributed by atoms with E-state index in [1.54, 1.807) is 36.9 Å². The average molecular weight is 347 g/mol. The number of furan rings is 1. The van der Waals surface area contributed by atoms with Gasteiger partial charge in [0.2, 0.25) is 0 Å². The molecular weight excluding hydrogens is 335 g/mol. The lowest BCUT2D eigenvalue weighted by Gasteiger charge is -2.06. The molecule has 0 aliphatic carbocycles. The van der Waals surface area contributed by atoms with Crippen LogP contribution in [0.4, 0.5) is 0 Å². The number of hydrogen-bond acceptors (Lipinski definition) is 3. The normalized spacial score (nSPS) is 10.5. The molecule has 1 N–H and O–H groups in total. The van der Waals surface area contributed by atoms with Gasteiger partial charge < -0.3 is 9.73 Å². The van der Waals surface area contributed by atoms with E-state index in [0.29, 0.717) is 22.2 Å². The van der Waals surface area contributed by atoms with Gasteiger partial charge in [-0.1, -0.05) is 29.3 Å². The first-order valence-electron chi connectivity index (χ1n) is 6.84. The number of rotatable bonds is 4. The first kappa shape index (κ1) is 15.6. The maximum Gasteiger partial charge on any atom is 0.251 e. The minimum Gasteiger partial charge on any atom is -0.472 e. The van der Waals surface area contributed by atoms with Crippen LogP contribution in [-0.4, -0.2) is 10.9 Å². The molecule has 0 atom stereocenters. The maximum atomic E-state index is 12.1.